The second kappa shape index (κ2) is 5.91. The van der Waals surface area contributed by atoms with E-state index in [2.05, 4.69) is 22.5 Å². The van der Waals surface area contributed by atoms with Gasteiger partial charge in [-0.2, -0.15) is 0 Å². The second-order valence-electron chi connectivity index (χ2n) is 4.08. The number of benzene rings is 1. The van der Waals surface area contributed by atoms with E-state index >= 15 is 0 Å². The number of nitrogens with one attached hydrogen (secondary N) is 2. The molecule has 1 aliphatic heterocycles. The molecule has 5 heteroatoms. The number of hydrogen-bond donors (Lipinski definition) is 2. The largest absolute Gasteiger partial charge is 0.482 e. The van der Waals surface area contributed by atoms with Crippen LogP contribution in [0, 0.1) is 11.8 Å². The molecule has 1 aromatic carbocycles. The van der Waals surface area contributed by atoms with Gasteiger partial charge in [0.1, 0.15) is 5.75 Å². The van der Waals surface area contributed by atoms with Crippen molar-refractivity contribution in [3.63, 3.8) is 0 Å². The normalized spacial score (nSPS) is 12.4. The molecule has 0 aromatic heterocycles. The van der Waals surface area contributed by atoms with Crippen molar-refractivity contribution >= 4 is 17.5 Å². The van der Waals surface area contributed by atoms with Gasteiger partial charge >= 0.3 is 0 Å². The zero-order chi connectivity index (χ0) is 13.7. The van der Waals surface area contributed by atoms with E-state index in [0.717, 1.165) is 5.56 Å². The molecule has 5 nitrogen and oxygen atoms in total. The van der Waals surface area contributed by atoms with Gasteiger partial charge in [-0.3, -0.25) is 9.59 Å². The maximum absolute atomic E-state index is 11.2. The van der Waals surface area contributed by atoms with Crippen LogP contribution in [0.3, 0.4) is 0 Å². The highest BCUT2D eigenvalue weighted by Crippen LogP contribution is 2.27. The Hall–Kier alpha value is -2.48. The summed E-state index contributed by atoms with van der Waals surface area (Å²) in [6.07, 6.45) is 0.583. The predicted molar refractivity (Wildman–Crippen MR) is 70.7 cm³/mol. The third-order valence-electron chi connectivity index (χ3n) is 2.47. The highest BCUT2D eigenvalue weighted by molar-refractivity contribution is 5.95. The molecule has 0 saturated heterocycles. The third kappa shape index (κ3) is 3.75. The summed E-state index contributed by atoms with van der Waals surface area (Å²) in [7, 11) is 0. The van der Waals surface area contributed by atoms with Gasteiger partial charge in [0.15, 0.2) is 6.61 Å². The molecule has 0 aliphatic carbocycles. The van der Waals surface area contributed by atoms with Crippen molar-refractivity contribution in [3.05, 3.63) is 23.8 Å². The van der Waals surface area contributed by atoms with E-state index in [1.807, 2.05) is 6.07 Å². The molecular weight excluding hydrogens is 244 g/mol. The van der Waals surface area contributed by atoms with E-state index in [0.29, 0.717) is 24.4 Å². The Morgan fingerprint density at radius 1 is 1.53 bits per heavy atom. The monoisotopic (exact) mass is 258 g/mol. The van der Waals surface area contributed by atoms with Crippen LogP contribution in [-0.2, 0) is 9.59 Å². The number of ether oxygens (including phenoxy) is 1. The molecule has 98 valence electrons. The van der Waals surface area contributed by atoms with Gasteiger partial charge in [-0.15, -0.1) is 0 Å². The molecule has 0 radical (unpaired) electrons. The standard InChI is InChI=1S/C14H14N2O3/c1-10(17)15-7-3-2-4-11-5-6-13-12(8-11)16-14(18)9-19-13/h5-6,8H,3,7,9H2,1H3,(H,15,17)(H,16,18). The number of fused-ring (bicyclic) bond motifs is 1. The van der Waals surface area contributed by atoms with Gasteiger partial charge < -0.3 is 15.4 Å². The van der Waals surface area contributed by atoms with Crippen molar-refractivity contribution in [3.8, 4) is 17.6 Å². The van der Waals surface area contributed by atoms with Gasteiger partial charge in [0.05, 0.1) is 5.69 Å². The maximum Gasteiger partial charge on any atom is 0.262 e. The number of carbonyl (C=O) groups excluding carboxylic acids is 2. The Bertz CT molecular complexity index is 570. The Kier molecular flexibility index (Phi) is 4.04. The fourth-order valence-electron chi connectivity index (χ4n) is 1.63. The van der Waals surface area contributed by atoms with E-state index in [4.69, 9.17) is 4.74 Å². The smallest absolute Gasteiger partial charge is 0.262 e. The quantitative estimate of drug-likeness (QED) is 0.611. The first-order valence-electron chi connectivity index (χ1n) is 5.95. The minimum Gasteiger partial charge on any atom is -0.482 e. The van der Waals surface area contributed by atoms with Crippen LogP contribution in [-0.4, -0.2) is 25.0 Å². The van der Waals surface area contributed by atoms with Crippen LogP contribution in [0.25, 0.3) is 0 Å². The lowest BCUT2D eigenvalue weighted by Gasteiger charge is -2.17. The molecule has 0 spiro atoms. The Labute approximate surface area is 111 Å². The zero-order valence-electron chi connectivity index (χ0n) is 10.6. The molecule has 2 N–H and O–H groups in total. The minimum atomic E-state index is -0.164. The lowest BCUT2D eigenvalue weighted by Crippen LogP contribution is -2.25. The molecular formula is C14H14N2O3. The van der Waals surface area contributed by atoms with Gasteiger partial charge in [-0.1, -0.05) is 11.8 Å². The van der Waals surface area contributed by atoms with Crippen molar-refractivity contribution in [2.75, 3.05) is 18.5 Å². The minimum absolute atomic E-state index is 0.0503. The van der Waals surface area contributed by atoms with Crippen LogP contribution in [0.5, 0.6) is 5.75 Å². The van der Waals surface area contributed by atoms with Crippen LogP contribution < -0.4 is 15.4 Å². The Morgan fingerprint density at radius 3 is 3.16 bits per heavy atom. The van der Waals surface area contributed by atoms with Crippen molar-refractivity contribution in [1.29, 1.82) is 0 Å². The van der Waals surface area contributed by atoms with E-state index in [1.54, 1.807) is 12.1 Å². The SMILES string of the molecule is CC(=O)NCCC#Cc1ccc2c(c1)NC(=O)CO2. The molecule has 0 saturated carbocycles. The molecule has 0 atom stereocenters. The third-order valence-corrected chi connectivity index (χ3v) is 2.47. The lowest BCUT2D eigenvalue weighted by atomic mass is 10.1. The summed E-state index contributed by atoms with van der Waals surface area (Å²) in [5, 5.41) is 5.40. The first-order valence-corrected chi connectivity index (χ1v) is 5.95. The van der Waals surface area contributed by atoms with E-state index < -0.39 is 0 Å². The molecule has 0 fully saturated rings. The summed E-state index contributed by atoms with van der Waals surface area (Å²) in [6, 6.07) is 5.39. The fourth-order valence-corrected chi connectivity index (χ4v) is 1.63. The second-order valence-corrected chi connectivity index (χ2v) is 4.08. The molecule has 1 aromatic rings. The zero-order valence-corrected chi connectivity index (χ0v) is 10.6. The first-order chi connectivity index (χ1) is 9.15. The van der Waals surface area contributed by atoms with Crippen LogP contribution in [0.15, 0.2) is 18.2 Å². The van der Waals surface area contributed by atoms with E-state index in [9.17, 15) is 9.59 Å². The van der Waals surface area contributed by atoms with Gasteiger partial charge in [-0.25, -0.2) is 0 Å². The lowest BCUT2D eigenvalue weighted by molar-refractivity contribution is -0.119. The molecule has 1 aliphatic rings. The summed E-state index contributed by atoms with van der Waals surface area (Å²) in [6.45, 7) is 2.06. The highest BCUT2D eigenvalue weighted by atomic mass is 16.5. The van der Waals surface area contributed by atoms with Crippen molar-refractivity contribution in [1.82, 2.24) is 5.32 Å². The number of rotatable bonds is 2. The van der Waals surface area contributed by atoms with Crippen LogP contribution in [0.1, 0.15) is 18.9 Å². The van der Waals surface area contributed by atoms with E-state index in [-0.39, 0.29) is 18.4 Å². The fraction of sp³-hybridized carbons (Fsp3) is 0.286. The van der Waals surface area contributed by atoms with Crippen LogP contribution >= 0.6 is 0 Å². The Morgan fingerprint density at radius 2 is 2.37 bits per heavy atom. The van der Waals surface area contributed by atoms with Crippen LogP contribution in [0.4, 0.5) is 5.69 Å². The number of hydrogen-bond acceptors (Lipinski definition) is 3. The number of carbonyl (C=O) groups is 2. The Balaban J connectivity index is 1.98. The van der Waals surface area contributed by atoms with E-state index in [1.165, 1.54) is 6.92 Å². The van der Waals surface area contributed by atoms with Gasteiger partial charge in [0.2, 0.25) is 5.91 Å². The van der Waals surface area contributed by atoms with Crippen molar-refractivity contribution in [2.24, 2.45) is 0 Å². The summed E-state index contributed by atoms with van der Waals surface area (Å²) in [5.74, 6) is 6.36. The summed E-state index contributed by atoms with van der Waals surface area (Å²) >= 11 is 0. The maximum atomic E-state index is 11.2. The van der Waals surface area contributed by atoms with Gasteiger partial charge in [0, 0.05) is 25.5 Å². The number of anilines is 1. The topological polar surface area (TPSA) is 67.4 Å². The summed E-state index contributed by atoms with van der Waals surface area (Å²) in [5.41, 5.74) is 1.44. The summed E-state index contributed by atoms with van der Waals surface area (Å²) in [4.78, 5) is 21.8. The van der Waals surface area contributed by atoms with Crippen molar-refractivity contribution < 1.29 is 14.3 Å². The molecule has 0 unspecified atom stereocenters. The predicted octanol–water partition coefficient (Wildman–Crippen LogP) is 0.895. The average molecular weight is 258 g/mol. The van der Waals surface area contributed by atoms with Gasteiger partial charge in [0.25, 0.3) is 5.91 Å². The van der Waals surface area contributed by atoms with Crippen LogP contribution in [0.2, 0.25) is 0 Å². The van der Waals surface area contributed by atoms with Gasteiger partial charge in [-0.05, 0) is 18.2 Å². The van der Waals surface area contributed by atoms with Crippen molar-refractivity contribution in [2.45, 2.75) is 13.3 Å². The number of amides is 2. The molecule has 2 rings (SSSR count). The molecule has 19 heavy (non-hydrogen) atoms. The molecule has 1 heterocycles. The highest BCUT2D eigenvalue weighted by Gasteiger charge is 2.15. The summed E-state index contributed by atoms with van der Waals surface area (Å²) < 4.78 is 5.25. The average Bonchev–Trinajstić information content (AvgIpc) is 2.37. The molecule has 2 amide bonds. The first kappa shape index (κ1) is 13.0. The molecule has 0 bridgehead atoms.